The summed E-state index contributed by atoms with van der Waals surface area (Å²) in [5.41, 5.74) is 1.94. The molecule has 0 saturated carbocycles. The first kappa shape index (κ1) is 21.9. The smallest absolute Gasteiger partial charge is 0.267 e. The van der Waals surface area contributed by atoms with Gasteiger partial charge in [-0.1, -0.05) is 23.7 Å². The van der Waals surface area contributed by atoms with Crippen molar-refractivity contribution < 1.29 is 17.9 Å². The van der Waals surface area contributed by atoms with Gasteiger partial charge in [0.1, 0.15) is 5.75 Å². The number of rotatable bonds is 4. The molecule has 1 N–H and O–H groups in total. The Morgan fingerprint density at radius 2 is 1.84 bits per heavy atom. The first-order valence-corrected chi connectivity index (χ1v) is 12.3. The lowest BCUT2D eigenvalue weighted by Crippen LogP contribution is -2.48. The van der Waals surface area contributed by atoms with Crippen molar-refractivity contribution in [3.63, 3.8) is 0 Å². The van der Waals surface area contributed by atoms with Crippen molar-refractivity contribution in [1.29, 1.82) is 0 Å². The fourth-order valence-electron chi connectivity index (χ4n) is 3.28. The van der Waals surface area contributed by atoms with Gasteiger partial charge in [-0.15, -0.1) is 0 Å². The first-order valence-electron chi connectivity index (χ1n) is 9.37. The number of benzene rings is 3. The highest BCUT2D eigenvalue weighted by Gasteiger charge is 2.37. The van der Waals surface area contributed by atoms with Crippen LogP contribution >= 0.6 is 34.2 Å². The molecular formula is C22H18ClIN2O4S. The van der Waals surface area contributed by atoms with E-state index in [0.29, 0.717) is 22.1 Å². The lowest BCUT2D eigenvalue weighted by Gasteiger charge is -2.34. The zero-order chi connectivity index (χ0) is 22.2. The van der Waals surface area contributed by atoms with Crippen LogP contribution in [0.1, 0.15) is 5.56 Å². The molecule has 0 fully saturated rings. The van der Waals surface area contributed by atoms with Crippen LogP contribution in [0.3, 0.4) is 0 Å². The van der Waals surface area contributed by atoms with Crippen LogP contribution in [0.5, 0.6) is 5.75 Å². The number of carbonyl (C=O) groups is 1. The molecular weight excluding hydrogens is 551 g/mol. The van der Waals surface area contributed by atoms with E-state index in [9.17, 15) is 13.2 Å². The van der Waals surface area contributed by atoms with Gasteiger partial charge >= 0.3 is 0 Å². The van der Waals surface area contributed by atoms with Gasteiger partial charge in [0.15, 0.2) is 6.10 Å². The van der Waals surface area contributed by atoms with Gasteiger partial charge in [0.05, 0.1) is 17.1 Å². The number of nitrogens with one attached hydrogen (secondary N) is 1. The predicted octanol–water partition coefficient (Wildman–Crippen LogP) is 4.85. The number of amides is 1. The van der Waals surface area contributed by atoms with Crippen molar-refractivity contribution in [3.05, 3.63) is 80.9 Å². The van der Waals surface area contributed by atoms with Crippen molar-refractivity contribution in [3.8, 4) is 5.75 Å². The Bertz CT molecular complexity index is 1250. The minimum atomic E-state index is -3.93. The SMILES string of the molecule is Cc1cc(I)ccc1NC(=O)C1CN(S(=O)(=O)c2ccc(Cl)cc2)c2ccccc2O1. The second kappa shape index (κ2) is 8.68. The number of nitrogens with zero attached hydrogens (tertiary/aromatic N) is 1. The summed E-state index contributed by atoms with van der Waals surface area (Å²) in [4.78, 5) is 13.1. The molecule has 1 atom stereocenters. The van der Waals surface area contributed by atoms with Gasteiger partial charge in [-0.05, 0) is 89.7 Å². The third kappa shape index (κ3) is 4.51. The molecule has 0 radical (unpaired) electrons. The fourth-order valence-corrected chi connectivity index (χ4v) is 5.53. The van der Waals surface area contributed by atoms with Gasteiger partial charge in [-0.3, -0.25) is 9.10 Å². The Hall–Kier alpha value is -2.30. The van der Waals surface area contributed by atoms with Gasteiger partial charge in [0.25, 0.3) is 15.9 Å². The Balaban J connectivity index is 1.67. The summed E-state index contributed by atoms with van der Waals surface area (Å²) in [5, 5.41) is 3.29. The van der Waals surface area contributed by atoms with Crippen molar-refractivity contribution in [2.75, 3.05) is 16.2 Å². The van der Waals surface area contributed by atoms with E-state index < -0.39 is 22.0 Å². The molecule has 3 aromatic rings. The van der Waals surface area contributed by atoms with Gasteiger partial charge in [0.2, 0.25) is 0 Å². The molecule has 4 rings (SSSR count). The standard InChI is InChI=1S/C22H18ClIN2O4S/c1-14-12-16(24)8-11-18(14)25-22(27)21-13-26(19-4-2-3-5-20(19)30-21)31(28,29)17-9-6-15(23)7-10-17/h2-12,21H,13H2,1H3,(H,25,27). The highest BCUT2D eigenvalue weighted by molar-refractivity contribution is 14.1. The number of para-hydroxylation sites is 2. The van der Waals surface area contributed by atoms with E-state index in [-0.39, 0.29) is 11.4 Å². The van der Waals surface area contributed by atoms with Crippen LogP contribution in [0.2, 0.25) is 5.02 Å². The number of anilines is 2. The van der Waals surface area contributed by atoms with Crippen molar-refractivity contribution in [1.82, 2.24) is 0 Å². The number of fused-ring (bicyclic) bond motifs is 1. The largest absolute Gasteiger partial charge is 0.476 e. The van der Waals surface area contributed by atoms with Crippen molar-refractivity contribution in [2.24, 2.45) is 0 Å². The zero-order valence-corrected chi connectivity index (χ0v) is 20.1. The first-order chi connectivity index (χ1) is 14.8. The van der Waals surface area contributed by atoms with E-state index in [1.54, 1.807) is 24.3 Å². The molecule has 1 heterocycles. The maximum Gasteiger partial charge on any atom is 0.267 e. The average Bonchev–Trinajstić information content (AvgIpc) is 2.75. The average molecular weight is 569 g/mol. The highest BCUT2D eigenvalue weighted by atomic mass is 127. The minimum Gasteiger partial charge on any atom is -0.476 e. The third-order valence-electron chi connectivity index (χ3n) is 4.88. The summed E-state index contributed by atoms with van der Waals surface area (Å²) in [6.07, 6.45) is -1.02. The third-order valence-corrected chi connectivity index (χ3v) is 7.59. The molecule has 160 valence electrons. The summed E-state index contributed by atoms with van der Waals surface area (Å²) in [6, 6.07) is 18.3. The number of hydrogen-bond donors (Lipinski definition) is 1. The molecule has 3 aromatic carbocycles. The Labute approximate surface area is 199 Å². The lowest BCUT2D eigenvalue weighted by atomic mass is 10.2. The zero-order valence-electron chi connectivity index (χ0n) is 16.4. The summed E-state index contributed by atoms with van der Waals surface area (Å²) in [6.45, 7) is 1.74. The molecule has 1 aliphatic heterocycles. The normalized spacial score (nSPS) is 15.7. The van der Waals surface area contributed by atoms with E-state index in [1.165, 1.54) is 28.6 Å². The Morgan fingerprint density at radius 3 is 2.55 bits per heavy atom. The van der Waals surface area contributed by atoms with Crippen LogP contribution in [-0.4, -0.2) is 27.0 Å². The molecule has 6 nitrogen and oxygen atoms in total. The number of aryl methyl sites for hydroxylation is 1. The van der Waals surface area contributed by atoms with Gasteiger partial charge in [-0.25, -0.2) is 8.42 Å². The highest BCUT2D eigenvalue weighted by Crippen LogP contribution is 2.37. The quantitative estimate of drug-likeness (QED) is 0.457. The monoisotopic (exact) mass is 568 g/mol. The molecule has 0 aliphatic carbocycles. The molecule has 0 saturated heterocycles. The fraction of sp³-hybridized carbons (Fsp3) is 0.136. The molecule has 0 bridgehead atoms. The number of sulfonamides is 1. The van der Waals surface area contributed by atoms with Crippen LogP contribution in [0, 0.1) is 10.5 Å². The molecule has 0 aromatic heterocycles. The molecule has 0 spiro atoms. The van der Waals surface area contributed by atoms with Gasteiger partial charge in [0, 0.05) is 14.3 Å². The minimum absolute atomic E-state index is 0.0845. The number of ether oxygens (including phenoxy) is 1. The van der Waals surface area contributed by atoms with Crippen molar-refractivity contribution >= 4 is 61.5 Å². The maximum absolute atomic E-state index is 13.4. The van der Waals surface area contributed by atoms with Crippen molar-refractivity contribution in [2.45, 2.75) is 17.9 Å². The van der Waals surface area contributed by atoms with E-state index in [2.05, 4.69) is 27.9 Å². The summed E-state index contributed by atoms with van der Waals surface area (Å²) in [7, 11) is -3.93. The molecule has 1 amide bonds. The number of hydrogen-bond acceptors (Lipinski definition) is 4. The van der Waals surface area contributed by atoms with Gasteiger partial charge < -0.3 is 10.1 Å². The Kier molecular flexibility index (Phi) is 6.14. The number of carbonyl (C=O) groups excluding carboxylic acids is 1. The molecule has 9 heteroatoms. The number of halogens is 2. The van der Waals surface area contributed by atoms with E-state index in [0.717, 1.165) is 9.13 Å². The van der Waals surface area contributed by atoms with Crippen LogP contribution in [0.15, 0.2) is 71.6 Å². The molecule has 31 heavy (non-hydrogen) atoms. The van der Waals surface area contributed by atoms with Crippen LogP contribution in [0.4, 0.5) is 11.4 Å². The van der Waals surface area contributed by atoms with E-state index >= 15 is 0 Å². The summed E-state index contributed by atoms with van der Waals surface area (Å²) >= 11 is 8.11. The lowest BCUT2D eigenvalue weighted by molar-refractivity contribution is -0.122. The van der Waals surface area contributed by atoms with Crippen LogP contribution < -0.4 is 14.4 Å². The second-order valence-corrected chi connectivity index (χ2v) is 10.6. The Morgan fingerprint density at radius 1 is 1.13 bits per heavy atom. The topological polar surface area (TPSA) is 75.7 Å². The van der Waals surface area contributed by atoms with E-state index in [4.69, 9.17) is 16.3 Å². The van der Waals surface area contributed by atoms with Crippen LogP contribution in [-0.2, 0) is 14.8 Å². The van der Waals surface area contributed by atoms with E-state index in [1.807, 2.05) is 25.1 Å². The van der Waals surface area contributed by atoms with Crippen LogP contribution in [0.25, 0.3) is 0 Å². The summed E-state index contributed by atoms with van der Waals surface area (Å²) < 4.78 is 34.9. The molecule has 1 aliphatic rings. The maximum atomic E-state index is 13.4. The van der Waals surface area contributed by atoms with Gasteiger partial charge in [-0.2, -0.15) is 0 Å². The second-order valence-electron chi connectivity index (χ2n) is 7.01. The molecule has 1 unspecified atom stereocenters. The predicted molar refractivity (Wildman–Crippen MR) is 129 cm³/mol. The summed E-state index contributed by atoms with van der Waals surface area (Å²) in [5.74, 6) is -0.0964.